The average Bonchev–Trinajstić information content (AvgIpc) is 3.25. The molecule has 0 saturated carbocycles. The van der Waals surface area contributed by atoms with E-state index in [-0.39, 0.29) is 5.92 Å². The Kier molecular flexibility index (Phi) is 6.76. The maximum atomic E-state index is 13.2. The number of methoxy groups -OCH3 is 1. The van der Waals surface area contributed by atoms with E-state index >= 15 is 0 Å². The molecule has 0 radical (unpaired) electrons. The summed E-state index contributed by atoms with van der Waals surface area (Å²) in [7, 11) is -1.98. The van der Waals surface area contributed by atoms with E-state index in [2.05, 4.69) is 25.7 Å². The van der Waals surface area contributed by atoms with Crippen molar-refractivity contribution in [3.63, 3.8) is 0 Å². The average molecular weight is 515 g/mol. The van der Waals surface area contributed by atoms with Crippen molar-refractivity contribution in [3.05, 3.63) is 40.5 Å². The van der Waals surface area contributed by atoms with Crippen LogP contribution in [0, 0.1) is 5.92 Å². The number of benzene rings is 1. The monoisotopic (exact) mass is 514 g/mol. The van der Waals surface area contributed by atoms with Crippen molar-refractivity contribution in [3.8, 4) is 5.75 Å². The number of nitrogens with zero attached hydrogens (tertiary/aromatic N) is 4. The van der Waals surface area contributed by atoms with E-state index < -0.39 is 10.0 Å². The highest BCUT2D eigenvalue weighted by atomic mass is 32.2. The maximum Gasteiger partial charge on any atom is 0.243 e. The van der Waals surface area contributed by atoms with Crippen molar-refractivity contribution in [2.45, 2.75) is 57.3 Å². The van der Waals surface area contributed by atoms with E-state index in [1.54, 1.807) is 35.7 Å². The molecule has 2 unspecified atom stereocenters. The van der Waals surface area contributed by atoms with E-state index in [0.717, 1.165) is 35.7 Å². The van der Waals surface area contributed by atoms with E-state index in [1.165, 1.54) is 22.2 Å². The third-order valence-electron chi connectivity index (χ3n) is 7.44. The van der Waals surface area contributed by atoms with Crippen molar-refractivity contribution >= 4 is 37.4 Å². The zero-order chi connectivity index (χ0) is 24.7. The molecule has 35 heavy (non-hydrogen) atoms. The smallest absolute Gasteiger partial charge is 0.243 e. The Balaban J connectivity index is 1.45. The first-order valence-electron chi connectivity index (χ1n) is 12.5. The minimum Gasteiger partial charge on any atom is -0.497 e. The Morgan fingerprint density at radius 2 is 1.86 bits per heavy atom. The number of ether oxygens (including phenoxy) is 1. The number of thiophene rings is 1. The molecule has 1 aromatic carbocycles. The van der Waals surface area contributed by atoms with Gasteiger partial charge in [0.2, 0.25) is 10.0 Å². The second-order valence-corrected chi connectivity index (χ2v) is 12.8. The van der Waals surface area contributed by atoms with E-state index in [1.807, 2.05) is 11.3 Å². The lowest BCUT2D eigenvalue weighted by molar-refractivity contribution is 0.383. The summed E-state index contributed by atoms with van der Waals surface area (Å²) in [4.78, 5) is 15.2. The zero-order valence-corrected chi connectivity index (χ0v) is 22.6. The first kappa shape index (κ1) is 24.5. The molecule has 0 amide bonds. The van der Waals surface area contributed by atoms with Gasteiger partial charge < -0.3 is 9.64 Å². The zero-order valence-electron chi connectivity index (χ0n) is 21.0. The van der Waals surface area contributed by atoms with Crippen molar-refractivity contribution in [1.82, 2.24) is 14.3 Å². The molecule has 2 aromatic heterocycles. The molecular weight excluding hydrogens is 480 g/mol. The second kappa shape index (κ2) is 9.67. The van der Waals surface area contributed by atoms with Crippen molar-refractivity contribution < 1.29 is 13.2 Å². The van der Waals surface area contributed by atoms with Crippen molar-refractivity contribution in [1.29, 1.82) is 0 Å². The number of aromatic nitrogens is 2. The third kappa shape index (κ3) is 4.54. The van der Waals surface area contributed by atoms with Gasteiger partial charge in [0.15, 0.2) is 0 Å². The van der Waals surface area contributed by atoms with Gasteiger partial charge >= 0.3 is 0 Å². The Morgan fingerprint density at radius 1 is 1.14 bits per heavy atom. The fourth-order valence-corrected chi connectivity index (χ4v) is 7.81. The van der Waals surface area contributed by atoms with Crippen LogP contribution in [0.15, 0.2) is 29.2 Å². The molecule has 1 aliphatic heterocycles. The van der Waals surface area contributed by atoms with Crippen LogP contribution in [0.1, 0.15) is 55.8 Å². The highest BCUT2D eigenvalue weighted by Gasteiger charge is 2.32. The van der Waals surface area contributed by atoms with Crippen LogP contribution in [0.5, 0.6) is 5.75 Å². The number of piperazine rings is 1. The van der Waals surface area contributed by atoms with E-state index in [4.69, 9.17) is 14.7 Å². The predicted octanol–water partition coefficient (Wildman–Crippen LogP) is 4.85. The summed E-state index contributed by atoms with van der Waals surface area (Å²) < 4.78 is 33.3. The third-order valence-corrected chi connectivity index (χ3v) is 10.5. The van der Waals surface area contributed by atoms with Crippen LogP contribution in [-0.4, -0.2) is 56.0 Å². The highest BCUT2D eigenvalue weighted by molar-refractivity contribution is 7.89. The lowest BCUT2D eigenvalue weighted by atomic mass is 9.89. The fourth-order valence-electron chi connectivity index (χ4n) is 5.01. The number of aryl methyl sites for hydroxylation is 1. The van der Waals surface area contributed by atoms with Gasteiger partial charge in [0.1, 0.15) is 22.2 Å². The summed E-state index contributed by atoms with van der Waals surface area (Å²) in [5, 5.41) is 1.20. The van der Waals surface area contributed by atoms with Crippen LogP contribution < -0.4 is 9.64 Å². The molecule has 2 aliphatic rings. The summed E-state index contributed by atoms with van der Waals surface area (Å²) >= 11 is 1.83. The molecule has 0 N–H and O–H groups in total. The normalized spacial score (nSPS) is 20.1. The van der Waals surface area contributed by atoms with Crippen LogP contribution in [0.3, 0.4) is 0 Å². The minimum absolute atomic E-state index is 0.285. The molecule has 3 aromatic rings. The summed E-state index contributed by atoms with van der Waals surface area (Å²) in [6.07, 6.45) is 4.37. The molecule has 2 atom stereocenters. The van der Waals surface area contributed by atoms with E-state index in [9.17, 15) is 8.42 Å². The summed E-state index contributed by atoms with van der Waals surface area (Å²) in [5.74, 6) is 3.53. The van der Waals surface area contributed by atoms with Gasteiger partial charge in [-0.05, 0) is 61.4 Å². The number of anilines is 1. The number of fused-ring (bicyclic) bond motifs is 3. The summed E-state index contributed by atoms with van der Waals surface area (Å²) in [6.45, 7) is 8.77. The van der Waals surface area contributed by atoms with Gasteiger partial charge in [-0.3, -0.25) is 0 Å². The van der Waals surface area contributed by atoms with Crippen LogP contribution >= 0.6 is 11.3 Å². The first-order chi connectivity index (χ1) is 16.8. The molecule has 1 fully saturated rings. The number of sulfonamides is 1. The molecule has 188 valence electrons. The molecule has 3 heterocycles. The number of rotatable bonds is 6. The summed E-state index contributed by atoms with van der Waals surface area (Å²) in [6, 6.07) is 6.62. The van der Waals surface area contributed by atoms with Crippen LogP contribution in [0.2, 0.25) is 0 Å². The first-order valence-corrected chi connectivity index (χ1v) is 14.8. The highest BCUT2D eigenvalue weighted by Crippen LogP contribution is 2.42. The van der Waals surface area contributed by atoms with E-state index in [0.29, 0.717) is 42.7 Å². The molecule has 7 nitrogen and oxygen atoms in total. The second-order valence-electron chi connectivity index (χ2n) is 9.81. The molecular formula is C26H34N4O3S2. The van der Waals surface area contributed by atoms with Gasteiger partial charge in [-0.25, -0.2) is 18.4 Å². The number of hydrogen-bond donors (Lipinski definition) is 0. The Morgan fingerprint density at radius 3 is 2.51 bits per heavy atom. The maximum absolute atomic E-state index is 13.2. The Bertz CT molecular complexity index is 1310. The lowest BCUT2D eigenvalue weighted by Crippen LogP contribution is -2.49. The Hall–Kier alpha value is -2.23. The fraction of sp³-hybridized carbons (Fsp3) is 0.538. The molecule has 1 aliphatic carbocycles. The molecule has 0 bridgehead atoms. The molecule has 9 heteroatoms. The molecule has 0 spiro atoms. The topological polar surface area (TPSA) is 75.6 Å². The minimum atomic E-state index is -3.55. The predicted molar refractivity (Wildman–Crippen MR) is 141 cm³/mol. The SMILES string of the molecule is CCC(C)c1nc(N2CCN(S(=O)(=O)c3ccc(OC)cc3)CC2)c2c3c(sc2n1)CC(C)CC3. The molecule has 1 saturated heterocycles. The van der Waals surface area contributed by atoms with Crippen molar-refractivity contribution in [2.75, 3.05) is 38.2 Å². The van der Waals surface area contributed by atoms with Gasteiger partial charge in [-0.15, -0.1) is 11.3 Å². The molecule has 5 rings (SSSR count). The Labute approximate surface area is 212 Å². The van der Waals surface area contributed by atoms with Crippen LogP contribution in [-0.2, 0) is 22.9 Å². The van der Waals surface area contributed by atoms with Crippen LogP contribution in [0.25, 0.3) is 10.2 Å². The summed E-state index contributed by atoms with van der Waals surface area (Å²) in [5.41, 5.74) is 1.42. The van der Waals surface area contributed by atoms with Gasteiger partial charge in [0, 0.05) is 37.0 Å². The van der Waals surface area contributed by atoms with Gasteiger partial charge in [-0.2, -0.15) is 4.31 Å². The largest absolute Gasteiger partial charge is 0.497 e. The number of hydrogen-bond acceptors (Lipinski definition) is 7. The van der Waals surface area contributed by atoms with Crippen molar-refractivity contribution in [2.24, 2.45) is 5.92 Å². The van der Waals surface area contributed by atoms with Crippen LogP contribution in [0.4, 0.5) is 5.82 Å². The quantitative estimate of drug-likeness (QED) is 0.468. The van der Waals surface area contributed by atoms with Gasteiger partial charge in [0.05, 0.1) is 17.4 Å². The van der Waals surface area contributed by atoms with Gasteiger partial charge in [-0.1, -0.05) is 20.8 Å². The standard InChI is InChI=1S/C26H34N4O3S2/c1-5-18(3)24-27-25(23-21-11-6-17(2)16-22(21)34-26(23)28-24)29-12-14-30(15-13-29)35(31,32)20-9-7-19(33-4)8-10-20/h7-10,17-18H,5-6,11-16H2,1-4H3. The van der Waals surface area contributed by atoms with Gasteiger partial charge in [0.25, 0.3) is 0 Å². The lowest BCUT2D eigenvalue weighted by Gasteiger charge is -2.35.